The third-order valence-electron chi connectivity index (χ3n) is 3.64. The van der Waals surface area contributed by atoms with Crippen molar-refractivity contribution in [3.63, 3.8) is 0 Å². The fraction of sp³-hybridized carbons (Fsp3) is 0.600. The Morgan fingerprint density at radius 2 is 2.10 bits per heavy atom. The zero-order valence-electron chi connectivity index (χ0n) is 11.7. The molecule has 0 unspecified atom stereocenters. The summed E-state index contributed by atoms with van der Waals surface area (Å²) in [6, 6.07) is 6.03. The molecule has 20 heavy (non-hydrogen) atoms. The van der Waals surface area contributed by atoms with Crippen molar-refractivity contribution < 1.29 is 4.74 Å². The molecular formula is C15H22BrClN2O. The number of likely N-dealkylation sites (tertiary alicyclic amines) is 1. The van der Waals surface area contributed by atoms with Gasteiger partial charge in [0.15, 0.2) is 0 Å². The van der Waals surface area contributed by atoms with Crippen LogP contribution in [0.25, 0.3) is 0 Å². The molecule has 0 bridgehead atoms. The number of ether oxygens (including phenoxy) is 1. The van der Waals surface area contributed by atoms with E-state index in [2.05, 4.69) is 26.9 Å². The van der Waals surface area contributed by atoms with Gasteiger partial charge in [-0.05, 0) is 49.6 Å². The van der Waals surface area contributed by atoms with Crippen LogP contribution in [0.5, 0.6) is 0 Å². The summed E-state index contributed by atoms with van der Waals surface area (Å²) in [6.45, 7) is 4.54. The first-order valence-electron chi connectivity index (χ1n) is 7.17. The normalized spacial score (nSPS) is 17.6. The minimum atomic E-state index is 0.399. The molecule has 0 aromatic heterocycles. The van der Waals surface area contributed by atoms with Gasteiger partial charge in [0.05, 0.1) is 6.10 Å². The highest BCUT2D eigenvalue weighted by Crippen LogP contribution is 2.24. The van der Waals surface area contributed by atoms with Crippen LogP contribution >= 0.6 is 27.5 Å². The zero-order valence-corrected chi connectivity index (χ0v) is 14.0. The maximum absolute atomic E-state index is 6.24. The summed E-state index contributed by atoms with van der Waals surface area (Å²) in [5.41, 5.74) is 6.66. The fourth-order valence-corrected chi connectivity index (χ4v) is 3.06. The summed E-state index contributed by atoms with van der Waals surface area (Å²) in [7, 11) is 0. The summed E-state index contributed by atoms with van der Waals surface area (Å²) in [4.78, 5) is 2.44. The highest BCUT2D eigenvalue weighted by Gasteiger charge is 2.20. The molecule has 1 heterocycles. The highest BCUT2D eigenvalue weighted by atomic mass is 79.9. The molecule has 1 aromatic rings. The van der Waals surface area contributed by atoms with Crippen molar-refractivity contribution in [2.75, 3.05) is 26.2 Å². The van der Waals surface area contributed by atoms with Gasteiger partial charge in [0.2, 0.25) is 0 Å². The largest absolute Gasteiger partial charge is 0.378 e. The van der Waals surface area contributed by atoms with Gasteiger partial charge >= 0.3 is 0 Å². The standard InChI is InChI=1S/C15H22BrClN2O/c16-13-2-3-15(17)12(10-13)11-19-7-4-14(5-8-19)20-9-1-6-18/h2-3,10,14H,1,4-9,11,18H2. The van der Waals surface area contributed by atoms with Crippen LogP contribution in [-0.2, 0) is 11.3 Å². The van der Waals surface area contributed by atoms with Gasteiger partial charge in [-0.15, -0.1) is 0 Å². The third kappa shape index (κ3) is 5.01. The van der Waals surface area contributed by atoms with Gasteiger partial charge in [-0.2, -0.15) is 0 Å². The lowest BCUT2D eigenvalue weighted by Crippen LogP contribution is -2.36. The van der Waals surface area contributed by atoms with E-state index in [1.54, 1.807) is 0 Å². The van der Waals surface area contributed by atoms with Crippen LogP contribution in [0.15, 0.2) is 22.7 Å². The summed E-state index contributed by atoms with van der Waals surface area (Å²) in [5.74, 6) is 0. The van der Waals surface area contributed by atoms with Gasteiger partial charge in [-0.1, -0.05) is 27.5 Å². The molecule has 0 atom stereocenters. The molecule has 0 radical (unpaired) electrons. The van der Waals surface area contributed by atoms with E-state index < -0.39 is 0 Å². The van der Waals surface area contributed by atoms with Crippen LogP contribution < -0.4 is 5.73 Å². The molecule has 1 aliphatic rings. The van der Waals surface area contributed by atoms with Crippen molar-refractivity contribution in [1.82, 2.24) is 4.90 Å². The van der Waals surface area contributed by atoms with Crippen LogP contribution in [-0.4, -0.2) is 37.2 Å². The predicted molar refractivity (Wildman–Crippen MR) is 87.1 cm³/mol. The molecule has 0 spiro atoms. The maximum Gasteiger partial charge on any atom is 0.0599 e. The Morgan fingerprint density at radius 1 is 1.35 bits per heavy atom. The first kappa shape index (κ1) is 16.2. The van der Waals surface area contributed by atoms with E-state index in [0.717, 1.165) is 55.0 Å². The van der Waals surface area contributed by atoms with Crippen LogP contribution in [0, 0.1) is 0 Å². The number of hydrogen-bond donors (Lipinski definition) is 1. The lowest BCUT2D eigenvalue weighted by atomic mass is 10.1. The molecular weight excluding hydrogens is 340 g/mol. The van der Waals surface area contributed by atoms with Crippen LogP contribution in [0.3, 0.4) is 0 Å². The molecule has 1 aliphatic heterocycles. The second-order valence-corrected chi connectivity index (χ2v) is 6.55. The second-order valence-electron chi connectivity index (χ2n) is 5.22. The van der Waals surface area contributed by atoms with E-state index >= 15 is 0 Å². The highest BCUT2D eigenvalue weighted by molar-refractivity contribution is 9.10. The van der Waals surface area contributed by atoms with Crippen LogP contribution in [0.2, 0.25) is 5.02 Å². The SMILES string of the molecule is NCCCOC1CCN(Cc2cc(Br)ccc2Cl)CC1. The quantitative estimate of drug-likeness (QED) is 0.789. The Hall–Kier alpha value is -0.130. The van der Waals surface area contributed by atoms with Gasteiger partial charge in [0.1, 0.15) is 0 Å². The number of rotatable bonds is 6. The molecule has 2 N–H and O–H groups in total. The average Bonchev–Trinajstić information content (AvgIpc) is 2.45. The van der Waals surface area contributed by atoms with Crippen molar-refractivity contribution >= 4 is 27.5 Å². The molecule has 1 aromatic carbocycles. The van der Waals surface area contributed by atoms with Crippen molar-refractivity contribution in [2.24, 2.45) is 5.73 Å². The van der Waals surface area contributed by atoms with E-state index in [-0.39, 0.29) is 0 Å². The smallest absolute Gasteiger partial charge is 0.0599 e. The van der Waals surface area contributed by atoms with Crippen molar-refractivity contribution in [1.29, 1.82) is 0 Å². The van der Waals surface area contributed by atoms with E-state index in [1.165, 1.54) is 5.56 Å². The zero-order chi connectivity index (χ0) is 14.4. The molecule has 5 heteroatoms. The minimum absolute atomic E-state index is 0.399. The molecule has 0 aliphatic carbocycles. The maximum atomic E-state index is 6.24. The van der Waals surface area contributed by atoms with E-state index in [1.807, 2.05) is 12.1 Å². The summed E-state index contributed by atoms with van der Waals surface area (Å²) in [6.07, 6.45) is 3.54. The van der Waals surface area contributed by atoms with Crippen molar-refractivity contribution in [3.05, 3.63) is 33.3 Å². The van der Waals surface area contributed by atoms with Gasteiger partial charge in [-0.3, -0.25) is 4.90 Å². The van der Waals surface area contributed by atoms with Gasteiger partial charge in [0.25, 0.3) is 0 Å². The lowest BCUT2D eigenvalue weighted by Gasteiger charge is -2.32. The Morgan fingerprint density at radius 3 is 2.80 bits per heavy atom. The molecule has 2 rings (SSSR count). The predicted octanol–water partition coefficient (Wildman–Crippen LogP) is 3.43. The number of benzene rings is 1. The Labute approximate surface area is 134 Å². The number of hydrogen-bond acceptors (Lipinski definition) is 3. The Kier molecular flexibility index (Phi) is 6.78. The monoisotopic (exact) mass is 360 g/mol. The van der Waals surface area contributed by atoms with E-state index in [4.69, 9.17) is 22.1 Å². The van der Waals surface area contributed by atoms with Crippen molar-refractivity contribution in [2.45, 2.75) is 31.9 Å². The van der Waals surface area contributed by atoms with Gasteiger partial charge in [0, 0.05) is 35.7 Å². The fourth-order valence-electron chi connectivity index (χ4n) is 2.47. The number of halogens is 2. The topological polar surface area (TPSA) is 38.5 Å². The molecule has 0 saturated carbocycles. The average molecular weight is 362 g/mol. The summed E-state index contributed by atoms with van der Waals surface area (Å²) < 4.78 is 6.90. The molecule has 1 fully saturated rings. The number of nitrogens with zero attached hydrogens (tertiary/aromatic N) is 1. The molecule has 0 amide bonds. The molecule has 1 saturated heterocycles. The third-order valence-corrected chi connectivity index (χ3v) is 4.50. The van der Waals surface area contributed by atoms with Crippen LogP contribution in [0.1, 0.15) is 24.8 Å². The van der Waals surface area contributed by atoms with Gasteiger partial charge in [-0.25, -0.2) is 0 Å². The van der Waals surface area contributed by atoms with Gasteiger partial charge < -0.3 is 10.5 Å². The first-order chi connectivity index (χ1) is 9.69. The first-order valence-corrected chi connectivity index (χ1v) is 8.34. The lowest BCUT2D eigenvalue weighted by molar-refractivity contribution is 0.00563. The van der Waals surface area contributed by atoms with E-state index in [0.29, 0.717) is 12.6 Å². The van der Waals surface area contributed by atoms with E-state index in [9.17, 15) is 0 Å². The number of nitrogens with two attached hydrogens (primary N) is 1. The molecule has 112 valence electrons. The number of piperidine rings is 1. The molecule has 3 nitrogen and oxygen atoms in total. The summed E-state index contributed by atoms with van der Waals surface area (Å²) in [5, 5.41) is 0.842. The second kappa shape index (κ2) is 8.35. The summed E-state index contributed by atoms with van der Waals surface area (Å²) >= 11 is 9.74. The minimum Gasteiger partial charge on any atom is -0.378 e. The van der Waals surface area contributed by atoms with Crippen molar-refractivity contribution in [3.8, 4) is 0 Å². The Balaban J connectivity index is 1.78. The van der Waals surface area contributed by atoms with Crippen LogP contribution in [0.4, 0.5) is 0 Å². The Bertz CT molecular complexity index is 422.